The lowest BCUT2D eigenvalue weighted by Crippen LogP contribution is -2.27. The molecule has 1 saturated heterocycles. The smallest absolute Gasteiger partial charge is 0.289 e. The fraction of sp³-hybridized carbons (Fsp3) is 0.263. The van der Waals surface area contributed by atoms with Crippen molar-refractivity contribution in [3.05, 3.63) is 59.7 Å². The molecule has 2 heterocycles. The van der Waals surface area contributed by atoms with Crippen molar-refractivity contribution in [3.63, 3.8) is 0 Å². The number of fused-ring (bicyclic) bond motifs is 1. The molecule has 0 aliphatic carbocycles. The minimum Gasteiger partial charge on any atom is -0.491 e. The Kier molecular flexibility index (Phi) is 4.36. The predicted octanol–water partition coefficient (Wildman–Crippen LogP) is 3.30. The first-order valence-corrected chi connectivity index (χ1v) is 9.21. The average Bonchev–Trinajstić information content (AvgIpc) is 3.19. The zero-order valence-electron chi connectivity index (χ0n) is 13.6. The SMILES string of the molecule is O=C1CSC(=O)N1Cc1ccc(OCC2Cc3ccccc3N2)cc1. The van der Waals surface area contributed by atoms with Crippen LogP contribution in [-0.4, -0.2) is 34.4 Å². The molecule has 2 aliphatic rings. The normalized spacial score (nSPS) is 19.0. The lowest BCUT2D eigenvalue weighted by Gasteiger charge is -2.15. The number of hydrogen-bond acceptors (Lipinski definition) is 5. The third-order valence-electron chi connectivity index (χ3n) is 4.40. The number of ether oxygens (including phenoxy) is 1. The van der Waals surface area contributed by atoms with E-state index < -0.39 is 0 Å². The number of imide groups is 1. The second-order valence-electron chi connectivity index (χ2n) is 6.19. The maximum Gasteiger partial charge on any atom is 0.289 e. The Morgan fingerprint density at radius 1 is 1.12 bits per heavy atom. The van der Waals surface area contributed by atoms with Crippen LogP contribution < -0.4 is 10.1 Å². The lowest BCUT2D eigenvalue weighted by molar-refractivity contribution is -0.125. The van der Waals surface area contributed by atoms with Crippen LogP contribution in [0.15, 0.2) is 48.5 Å². The zero-order chi connectivity index (χ0) is 17.2. The van der Waals surface area contributed by atoms with E-state index in [0.717, 1.165) is 29.5 Å². The van der Waals surface area contributed by atoms with E-state index in [1.807, 2.05) is 30.3 Å². The molecule has 1 unspecified atom stereocenters. The Morgan fingerprint density at radius 2 is 1.92 bits per heavy atom. The van der Waals surface area contributed by atoms with Crippen molar-refractivity contribution in [1.29, 1.82) is 0 Å². The van der Waals surface area contributed by atoms with Gasteiger partial charge in [-0.05, 0) is 35.7 Å². The summed E-state index contributed by atoms with van der Waals surface area (Å²) in [4.78, 5) is 24.6. The van der Waals surface area contributed by atoms with Crippen LogP contribution in [0.25, 0.3) is 0 Å². The molecule has 2 aromatic rings. The molecular weight excluding hydrogens is 336 g/mol. The second kappa shape index (κ2) is 6.80. The summed E-state index contributed by atoms with van der Waals surface area (Å²) in [5.41, 5.74) is 3.43. The fourth-order valence-electron chi connectivity index (χ4n) is 3.08. The Balaban J connectivity index is 1.31. The van der Waals surface area contributed by atoms with Crippen LogP contribution in [0.4, 0.5) is 10.5 Å². The number of benzene rings is 2. The highest BCUT2D eigenvalue weighted by Crippen LogP contribution is 2.26. The number of amides is 2. The summed E-state index contributed by atoms with van der Waals surface area (Å²) in [6.45, 7) is 0.915. The van der Waals surface area contributed by atoms with Crippen LogP contribution >= 0.6 is 11.8 Å². The number of para-hydroxylation sites is 1. The highest BCUT2D eigenvalue weighted by molar-refractivity contribution is 8.14. The first kappa shape index (κ1) is 16.0. The van der Waals surface area contributed by atoms with Crippen LogP contribution in [0.2, 0.25) is 0 Å². The van der Waals surface area contributed by atoms with Gasteiger partial charge in [-0.25, -0.2) is 0 Å². The zero-order valence-corrected chi connectivity index (χ0v) is 14.4. The Morgan fingerprint density at radius 3 is 2.64 bits per heavy atom. The van der Waals surface area contributed by atoms with Crippen LogP contribution in [0.3, 0.4) is 0 Å². The molecule has 1 N–H and O–H groups in total. The van der Waals surface area contributed by atoms with Gasteiger partial charge < -0.3 is 10.1 Å². The van der Waals surface area contributed by atoms with E-state index in [4.69, 9.17) is 4.74 Å². The monoisotopic (exact) mass is 354 g/mol. The number of rotatable bonds is 5. The molecule has 2 amide bonds. The Hall–Kier alpha value is -2.47. The minimum absolute atomic E-state index is 0.123. The number of nitrogens with zero attached hydrogens (tertiary/aromatic N) is 1. The summed E-state index contributed by atoms with van der Waals surface area (Å²) in [6, 6.07) is 16.1. The molecule has 5 nitrogen and oxygen atoms in total. The molecule has 0 radical (unpaired) electrons. The molecule has 2 aliphatic heterocycles. The summed E-state index contributed by atoms with van der Waals surface area (Å²) in [5, 5.41) is 3.30. The second-order valence-corrected chi connectivity index (χ2v) is 7.12. The third kappa shape index (κ3) is 3.49. The van der Waals surface area contributed by atoms with Crippen molar-refractivity contribution < 1.29 is 14.3 Å². The number of anilines is 1. The van der Waals surface area contributed by atoms with E-state index in [1.54, 1.807) is 0 Å². The predicted molar refractivity (Wildman–Crippen MR) is 97.9 cm³/mol. The van der Waals surface area contributed by atoms with Crippen LogP contribution in [0.5, 0.6) is 5.75 Å². The molecule has 4 rings (SSSR count). The standard InChI is InChI=1S/C19H18N2O3S/c22-18-12-25-19(23)21(18)10-13-5-7-16(8-6-13)24-11-15-9-14-3-1-2-4-17(14)20-15/h1-8,15,20H,9-12H2. The van der Waals surface area contributed by atoms with Gasteiger partial charge in [-0.2, -0.15) is 0 Å². The van der Waals surface area contributed by atoms with Crippen molar-refractivity contribution >= 4 is 28.6 Å². The van der Waals surface area contributed by atoms with E-state index in [9.17, 15) is 9.59 Å². The summed E-state index contributed by atoms with van der Waals surface area (Å²) in [6.07, 6.45) is 0.963. The van der Waals surface area contributed by atoms with Crippen molar-refractivity contribution in [2.45, 2.75) is 19.0 Å². The van der Waals surface area contributed by atoms with Gasteiger partial charge in [0.15, 0.2) is 0 Å². The van der Waals surface area contributed by atoms with E-state index in [-0.39, 0.29) is 22.9 Å². The quantitative estimate of drug-likeness (QED) is 0.893. The fourth-order valence-corrected chi connectivity index (χ4v) is 3.81. The molecule has 1 fully saturated rings. The summed E-state index contributed by atoms with van der Waals surface area (Å²) >= 11 is 1.06. The summed E-state index contributed by atoms with van der Waals surface area (Å²) in [7, 11) is 0. The van der Waals surface area contributed by atoms with Gasteiger partial charge in [-0.15, -0.1) is 0 Å². The van der Waals surface area contributed by atoms with Crippen molar-refractivity contribution in [3.8, 4) is 5.75 Å². The minimum atomic E-state index is -0.169. The van der Waals surface area contributed by atoms with Crippen LogP contribution in [-0.2, 0) is 17.8 Å². The van der Waals surface area contributed by atoms with Crippen LogP contribution in [0, 0.1) is 0 Å². The summed E-state index contributed by atoms with van der Waals surface area (Å²) < 4.78 is 5.87. The maximum absolute atomic E-state index is 11.7. The maximum atomic E-state index is 11.7. The van der Waals surface area contributed by atoms with E-state index in [2.05, 4.69) is 23.5 Å². The molecule has 0 bridgehead atoms. The van der Waals surface area contributed by atoms with Crippen molar-refractivity contribution in [2.24, 2.45) is 0 Å². The number of hydrogen-bond donors (Lipinski definition) is 1. The van der Waals surface area contributed by atoms with E-state index in [0.29, 0.717) is 13.2 Å². The number of carbonyl (C=O) groups is 2. The average molecular weight is 354 g/mol. The lowest BCUT2D eigenvalue weighted by atomic mass is 10.1. The van der Waals surface area contributed by atoms with E-state index >= 15 is 0 Å². The van der Waals surface area contributed by atoms with Crippen LogP contribution in [0.1, 0.15) is 11.1 Å². The largest absolute Gasteiger partial charge is 0.491 e. The molecule has 128 valence electrons. The molecule has 0 aromatic heterocycles. The Labute approximate surface area is 150 Å². The summed E-state index contributed by atoms with van der Waals surface area (Å²) in [5.74, 6) is 0.911. The third-order valence-corrected chi connectivity index (χ3v) is 5.26. The highest BCUT2D eigenvalue weighted by Gasteiger charge is 2.29. The number of carbonyl (C=O) groups excluding carboxylic acids is 2. The first-order valence-electron chi connectivity index (χ1n) is 8.22. The Bertz CT molecular complexity index is 766. The van der Waals surface area contributed by atoms with Gasteiger partial charge >= 0.3 is 0 Å². The topological polar surface area (TPSA) is 58.6 Å². The highest BCUT2D eigenvalue weighted by atomic mass is 32.2. The van der Waals surface area contributed by atoms with Crippen molar-refractivity contribution in [2.75, 3.05) is 17.7 Å². The molecule has 2 aromatic carbocycles. The van der Waals surface area contributed by atoms with Gasteiger partial charge in [-0.3, -0.25) is 14.5 Å². The number of nitrogens with one attached hydrogen (secondary N) is 1. The van der Waals surface area contributed by atoms with Crippen molar-refractivity contribution in [1.82, 2.24) is 4.90 Å². The van der Waals surface area contributed by atoms with Gasteiger partial charge in [0.1, 0.15) is 12.4 Å². The molecular formula is C19H18N2O3S. The molecule has 6 heteroatoms. The van der Waals surface area contributed by atoms with E-state index in [1.165, 1.54) is 16.2 Å². The van der Waals surface area contributed by atoms with Gasteiger partial charge in [0.25, 0.3) is 5.24 Å². The van der Waals surface area contributed by atoms with Gasteiger partial charge in [0.05, 0.1) is 18.3 Å². The molecule has 0 saturated carbocycles. The molecule has 25 heavy (non-hydrogen) atoms. The van der Waals surface area contributed by atoms with Gasteiger partial charge in [-0.1, -0.05) is 42.1 Å². The molecule has 1 atom stereocenters. The van der Waals surface area contributed by atoms with Gasteiger partial charge in [0, 0.05) is 5.69 Å². The number of thioether (sulfide) groups is 1. The first-order chi connectivity index (χ1) is 12.2. The van der Waals surface area contributed by atoms with Gasteiger partial charge in [0.2, 0.25) is 5.91 Å². The molecule has 0 spiro atoms.